The number of H-pyrrole nitrogens is 1. The molecule has 0 aliphatic heterocycles. The first-order chi connectivity index (χ1) is 7.97. The zero-order valence-corrected chi connectivity index (χ0v) is 8.41. The first-order valence-corrected chi connectivity index (χ1v) is 4.63. The number of fused-ring (bicyclic) bond motifs is 1. The summed E-state index contributed by atoms with van der Waals surface area (Å²) in [5.41, 5.74) is -0.312. The fourth-order valence-corrected chi connectivity index (χ4v) is 1.35. The molecular weight excluding hydrogens is 237 g/mol. The van der Waals surface area contributed by atoms with Crippen LogP contribution in [0.5, 0.6) is 5.75 Å². The summed E-state index contributed by atoms with van der Waals surface area (Å²) in [5.74, 6) is -0.0640. The number of hydrogen-bond donors (Lipinski definition) is 1. The van der Waals surface area contributed by atoms with Crippen LogP contribution >= 0.6 is 0 Å². The molecule has 0 saturated heterocycles. The number of halogens is 3. The Morgan fingerprint density at radius 3 is 2.82 bits per heavy atom. The maximum Gasteiger partial charge on any atom is 0.422 e. The average Bonchev–Trinajstić information content (AvgIpc) is 2.26. The number of rotatable bonds is 2. The standard InChI is InChI=1S/C10H7F3N2O2/c11-10(12,13)4-17-7-3-1-2-6-8(7)14-5-15-9(6)16/h1-3,5H,4H2,(H,14,15,16). The van der Waals surface area contributed by atoms with Crippen LogP contribution in [0.25, 0.3) is 10.9 Å². The van der Waals surface area contributed by atoms with E-state index in [0.717, 1.165) is 6.33 Å². The Labute approximate surface area is 93.1 Å². The summed E-state index contributed by atoms with van der Waals surface area (Å²) in [6.07, 6.45) is -3.31. The first kappa shape index (κ1) is 11.4. The summed E-state index contributed by atoms with van der Waals surface area (Å²) in [6, 6.07) is 4.23. The summed E-state index contributed by atoms with van der Waals surface area (Å²) < 4.78 is 40.6. The van der Waals surface area contributed by atoms with Gasteiger partial charge >= 0.3 is 6.18 Å². The molecule has 0 bridgehead atoms. The molecule has 0 unspecified atom stereocenters. The predicted octanol–water partition coefficient (Wildman–Crippen LogP) is 1.86. The lowest BCUT2D eigenvalue weighted by atomic mass is 10.2. The molecule has 0 spiro atoms. The summed E-state index contributed by atoms with van der Waals surface area (Å²) >= 11 is 0. The Morgan fingerprint density at radius 2 is 2.12 bits per heavy atom. The van der Waals surface area contributed by atoms with Crippen LogP contribution in [0.2, 0.25) is 0 Å². The Balaban J connectivity index is 2.42. The number of ether oxygens (including phenoxy) is 1. The van der Waals surface area contributed by atoms with E-state index in [4.69, 9.17) is 0 Å². The van der Waals surface area contributed by atoms with E-state index in [9.17, 15) is 18.0 Å². The topological polar surface area (TPSA) is 55.0 Å². The van der Waals surface area contributed by atoms with Crippen LogP contribution in [-0.4, -0.2) is 22.8 Å². The van der Waals surface area contributed by atoms with Crippen molar-refractivity contribution in [1.82, 2.24) is 9.97 Å². The fraction of sp³-hybridized carbons (Fsp3) is 0.200. The van der Waals surface area contributed by atoms with Gasteiger partial charge in [-0.25, -0.2) is 4.98 Å². The van der Waals surface area contributed by atoms with Gasteiger partial charge in [-0.15, -0.1) is 0 Å². The second-order valence-electron chi connectivity index (χ2n) is 3.29. The lowest BCUT2D eigenvalue weighted by Crippen LogP contribution is -2.19. The summed E-state index contributed by atoms with van der Waals surface area (Å²) in [6.45, 7) is -1.42. The molecule has 2 rings (SSSR count). The minimum atomic E-state index is -4.43. The van der Waals surface area contributed by atoms with Crippen molar-refractivity contribution in [3.05, 3.63) is 34.9 Å². The molecule has 4 nitrogen and oxygen atoms in total. The molecule has 0 fully saturated rings. The van der Waals surface area contributed by atoms with E-state index in [1.807, 2.05) is 0 Å². The van der Waals surface area contributed by atoms with Crippen molar-refractivity contribution in [1.29, 1.82) is 0 Å². The molecule has 2 aromatic rings. The molecule has 1 aromatic carbocycles. The number of aromatic nitrogens is 2. The highest BCUT2D eigenvalue weighted by atomic mass is 19.4. The Bertz CT molecular complexity index is 592. The number of nitrogens with one attached hydrogen (secondary N) is 1. The fourth-order valence-electron chi connectivity index (χ4n) is 1.35. The van der Waals surface area contributed by atoms with Crippen molar-refractivity contribution < 1.29 is 17.9 Å². The smallest absolute Gasteiger partial charge is 0.422 e. The van der Waals surface area contributed by atoms with Crippen molar-refractivity contribution in [3.63, 3.8) is 0 Å². The number of alkyl halides is 3. The summed E-state index contributed by atoms with van der Waals surface area (Å²) in [4.78, 5) is 17.5. The van der Waals surface area contributed by atoms with Gasteiger partial charge in [0.15, 0.2) is 6.61 Å². The monoisotopic (exact) mass is 244 g/mol. The molecule has 0 saturated carbocycles. The molecule has 0 radical (unpaired) electrons. The molecule has 0 amide bonds. The number of benzene rings is 1. The minimum absolute atomic E-state index is 0.0640. The van der Waals surface area contributed by atoms with Crippen LogP contribution < -0.4 is 10.3 Å². The highest BCUT2D eigenvalue weighted by Crippen LogP contribution is 2.23. The predicted molar refractivity (Wildman–Crippen MR) is 53.9 cm³/mol. The second kappa shape index (κ2) is 4.08. The van der Waals surface area contributed by atoms with Crippen LogP contribution in [0.1, 0.15) is 0 Å². The van der Waals surface area contributed by atoms with E-state index < -0.39 is 18.3 Å². The third kappa shape index (κ3) is 2.55. The number of hydrogen-bond acceptors (Lipinski definition) is 3. The maximum atomic E-state index is 12.0. The molecular formula is C10H7F3N2O2. The van der Waals surface area contributed by atoms with Gasteiger partial charge in [0.05, 0.1) is 11.7 Å². The normalized spacial score (nSPS) is 11.7. The molecule has 90 valence electrons. The third-order valence-corrected chi connectivity index (χ3v) is 2.02. The minimum Gasteiger partial charge on any atom is -0.482 e. The van der Waals surface area contributed by atoms with E-state index in [1.165, 1.54) is 18.2 Å². The summed E-state index contributed by atoms with van der Waals surface area (Å²) in [5, 5.41) is 0.187. The molecule has 1 heterocycles. The Morgan fingerprint density at radius 1 is 1.35 bits per heavy atom. The number of aromatic amines is 1. The van der Waals surface area contributed by atoms with Gasteiger partial charge in [-0.2, -0.15) is 13.2 Å². The van der Waals surface area contributed by atoms with Crippen molar-refractivity contribution in [3.8, 4) is 5.75 Å². The van der Waals surface area contributed by atoms with Gasteiger partial charge in [-0.1, -0.05) is 6.07 Å². The van der Waals surface area contributed by atoms with Gasteiger partial charge in [-0.05, 0) is 12.1 Å². The van der Waals surface area contributed by atoms with E-state index in [1.54, 1.807) is 0 Å². The third-order valence-electron chi connectivity index (χ3n) is 2.02. The molecule has 7 heteroatoms. The Hall–Kier alpha value is -2.05. The second-order valence-corrected chi connectivity index (χ2v) is 3.29. The van der Waals surface area contributed by atoms with Gasteiger partial charge < -0.3 is 9.72 Å². The molecule has 1 N–H and O–H groups in total. The zero-order chi connectivity index (χ0) is 12.5. The number of para-hydroxylation sites is 1. The van der Waals surface area contributed by atoms with Crippen LogP contribution in [0.3, 0.4) is 0 Å². The van der Waals surface area contributed by atoms with Crippen LogP contribution in [-0.2, 0) is 0 Å². The van der Waals surface area contributed by atoms with Gasteiger partial charge in [-0.3, -0.25) is 4.79 Å². The van der Waals surface area contributed by atoms with Gasteiger partial charge in [0, 0.05) is 0 Å². The van der Waals surface area contributed by atoms with E-state index >= 15 is 0 Å². The van der Waals surface area contributed by atoms with Crippen molar-refractivity contribution in [2.24, 2.45) is 0 Å². The van der Waals surface area contributed by atoms with Crippen LogP contribution in [0, 0.1) is 0 Å². The van der Waals surface area contributed by atoms with Gasteiger partial charge in [0.1, 0.15) is 11.3 Å². The SMILES string of the molecule is O=c1[nH]cnc2c(OCC(F)(F)F)cccc12. The van der Waals surface area contributed by atoms with Crippen molar-refractivity contribution in [2.45, 2.75) is 6.18 Å². The van der Waals surface area contributed by atoms with E-state index in [2.05, 4.69) is 14.7 Å². The molecule has 0 aliphatic rings. The molecule has 0 atom stereocenters. The lowest BCUT2D eigenvalue weighted by Gasteiger charge is -2.10. The Kier molecular flexibility index (Phi) is 2.74. The number of nitrogens with zero attached hydrogens (tertiary/aromatic N) is 1. The highest BCUT2D eigenvalue weighted by Gasteiger charge is 2.28. The molecule has 17 heavy (non-hydrogen) atoms. The van der Waals surface area contributed by atoms with Crippen molar-refractivity contribution in [2.75, 3.05) is 6.61 Å². The van der Waals surface area contributed by atoms with E-state index in [-0.39, 0.29) is 16.7 Å². The van der Waals surface area contributed by atoms with Gasteiger partial charge in [0.2, 0.25) is 0 Å². The van der Waals surface area contributed by atoms with Gasteiger partial charge in [0.25, 0.3) is 5.56 Å². The maximum absolute atomic E-state index is 12.0. The summed E-state index contributed by atoms with van der Waals surface area (Å²) in [7, 11) is 0. The highest BCUT2D eigenvalue weighted by molar-refractivity contribution is 5.83. The zero-order valence-electron chi connectivity index (χ0n) is 8.41. The lowest BCUT2D eigenvalue weighted by molar-refractivity contribution is -0.153. The largest absolute Gasteiger partial charge is 0.482 e. The van der Waals surface area contributed by atoms with E-state index in [0.29, 0.717) is 0 Å². The average molecular weight is 244 g/mol. The molecule has 1 aromatic heterocycles. The van der Waals surface area contributed by atoms with Crippen LogP contribution in [0.15, 0.2) is 29.3 Å². The van der Waals surface area contributed by atoms with Crippen LogP contribution in [0.4, 0.5) is 13.2 Å². The quantitative estimate of drug-likeness (QED) is 0.877. The van der Waals surface area contributed by atoms with Crippen molar-refractivity contribution >= 4 is 10.9 Å². The molecule has 0 aliphatic carbocycles. The first-order valence-electron chi connectivity index (χ1n) is 4.63.